The Hall–Kier alpha value is -0.578. The van der Waals surface area contributed by atoms with Crippen LogP contribution in [0, 0.1) is 0 Å². The van der Waals surface area contributed by atoms with Crippen LogP contribution in [0.1, 0.15) is 34.1 Å². The molecular weight excluding hydrogens is 275 g/mol. The van der Waals surface area contributed by atoms with Crippen LogP contribution in [0.3, 0.4) is 0 Å². The molecule has 2 aliphatic rings. The topological polar surface area (TPSA) is 18.5 Å². The molecule has 0 amide bonds. The normalized spacial score (nSPS) is 30.5. The van der Waals surface area contributed by atoms with Gasteiger partial charge in [0.05, 0.1) is 19.3 Å². The van der Waals surface area contributed by atoms with Crippen molar-refractivity contribution >= 4 is 20.4 Å². The van der Waals surface area contributed by atoms with Crippen LogP contribution in [-0.4, -0.2) is 26.4 Å². The fourth-order valence-electron chi connectivity index (χ4n) is 3.49. The van der Waals surface area contributed by atoms with Crippen LogP contribution in [0.25, 0.3) is 0 Å². The van der Waals surface area contributed by atoms with E-state index < -0.39 is 8.07 Å². The smallest absolute Gasteiger partial charge is 0.403 e. The van der Waals surface area contributed by atoms with E-state index in [0.717, 1.165) is 5.54 Å². The van der Waals surface area contributed by atoms with E-state index in [1.165, 1.54) is 6.42 Å². The molecule has 1 aromatic carbocycles. The van der Waals surface area contributed by atoms with E-state index in [2.05, 4.69) is 71.1 Å². The van der Waals surface area contributed by atoms with Crippen LogP contribution in [0.2, 0.25) is 24.5 Å². The van der Waals surface area contributed by atoms with Gasteiger partial charge in [0.25, 0.3) is 0 Å². The summed E-state index contributed by atoms with van der Waals surface area (Å²) in [7, 11) is -1.45. The highest BCUT2D eigenvalue weighted by atomic mass is 28.3. The van der Waals surface area contributed by atoms with Gasteiger partial charge in [-0.25, -0.2) is 0 Å². The molecule has 1 aliphatic heterocycles. The van der Waals surface area contributed by atoms with E-state index in [0.29, 0.717) is 5.82 Å². The molecule has 0 spiro atoms. The zero-order valence-electron chi connectivity index (χ0n) is 14.1. The molecule has 1 heterocycles. The Morgan fingerprint density at radius 1 is 1.00 bits per heavy atom. The van der Waals surface area contributed by atoms with Gasteiger partial charge in [-0.05, 0) is 39.1 Å². The summed E-state index contributed by atoms with van der Waals surface area (Å²) in [4.78, 5) is 0. The lowest BCUT2D eigenvalue weighted by Crippen LogP contribution is -2.42. The van der Waals surface area contributed by atoms with Gasteiger partial charge in [-0.3, -0.25) is 0 Å². The highest BCUT2D eigenvalue weighted by Crippen LogP contribution is 2.61. The van der Waals surface area contributed by atoms with Crippen molar-refractivity contribution in [3.8, 4) is 0 Å². The van der Waals surface area contributed by atoms with Gasteiger partial charge in [-0.15, -0.1) is 0 Å². The number of rotatable bonds is 3. The predicted octanol–water partition coefficient (Wildman–Crippen LogP) is 3.84. The molecule has 0 bridgehead atoms. The van der Waals surface area contributed by atoms with Crippen LogP contribution < -0.4 is 5.19 Å². The van der Waals surface area contributed by atoms with Gasteiger partial charge in [0.2, 0.25) is 0 Å². The summed E-state index contributed by atoms with van der Waals surface area (Å²) in [5.41, 5.74) is 0.363. The summed E-state index contributed by atoms with van der Waals surface area (Å²) in [5, 5.41) is 1.55. The first kappa shape index (κ1) is 15.3. The maximum absolute atomic E-state index is 6.25. The van der Waals surface area contributed by atoms with Crippen LogP contribution in [-0.2, 0) is 9.31 Å². The minimum Gasteiger partial charge on any atom is -0.403 e. The SMILES string of the molecule is CC1(C)OB([C@H]2C[C@@H]2[Si](C)(C)c2ccccc2)OC1(C)C. The van der Waals surface area contributed by atoms with Crippen molar-refractivity contribution in [2.45, 2.75) is 69.8 Å². The molecule has 0 aromatic heterocycles. The van der Waals surface area contributed by atoms with Crippen LogP contribution in [0.4, 0.5) is 0 Å². The molecule has 4 heteroatoms. The third-order valence-corrected chi connectivity index (χ3v) is 10.2. The van der Waals surface area contributed by atoms with Crippen LogP contribution >= 0.6 is 0 Å². The van der Waals surface area contributed by atoms with E-state index in [9.17, 15) is 0 Å². The first-order chi connectivity index (χ1) is 9.65. The lowest BCUT2D eigenvalue weighted by Gasteiger charge is -2.32. The average Bonchev–Trinajstić information content (AvgIpc) is 3.15. The maximum Gasteiger partial charge on any atom is 0.461 e. The van der Waals surface area contributed by atoms with E-state index >= 15 is 0 Å². The Kier molecular flexibility index (Phi) is 3.43. The van der Waals surface area contributed by atoms with Crippen molar-refractivity contribution in [1.82, 2.24) is 0 Å². The van der Waals surface area contributed by atoms with Crippen molar-refractivity contribution < 1.29 is 9.31 Å². The molecule has 114 valence electrons. The van der Waals surface area contributed by atoms with Gasteiger partial charge >= 0.3 is 7.12 Å². The summed E-state index contributed by atoms with van der Waals surface area (Å²) in [5.74, 6) is 0.577. The van der Waals surface area contributed by atoms with E-state index in [-0.39, 0.29) is 18.3 Å². The minimum absolute atomic E-state index is 0.0181. The predicted molar refractivity (Wildman–Crippen MR) is 91.8 cm³/mol. The largest absolute Gasteiger partial charge is 0.461 e. The Balaban J connectivity index is 1.73. The molecule has 0 unspecified atom stereocenters. The highest BCUT2D eigenvalue weighted by Gasteiger charge is 2.62. The molecule has 21 heavy (non-hydrogen) atoms. The molecule has 1 saturated heterocycles. The number of benzene rings is 1. The number of hydrogen-bond acceptors (Lipinski definition) is 2. The Bertz CT molecular complexity index is 511. The fraction of sp³-hybridized carbons (Fsp3) is 0.647. The molecule has 0 N–H and O–H groups in total. The summed E-state index contributed by atoms with van der Waals surface area (Å²) in [6, 6.07) is 11.0. The van der Waals surface area contributed by atoms with E-state index in [4.69, 9.17) is 9.31 Å². The van der Waals surface area contributed by atoms with Crippen molar-refractivity contribution in [2.75, 3.05) is 0 Å². The van der Waals surface area contributed by atoms with E-state index in [1.807, 2.05) is 0 Å². The molecule has 0 radical (unpaired) electrons. The second-order valence-corrected chi connectivity index (χ2v) is 13.0. The second kappa shape index (κ2) is 4.71. The van der Waals surface area contributed by atoms with Gasteiger partial charge in [0.1, 0.15) is 0 Å². The molecule has 1 aliphatic carbocycles. The molecule has 2 atom stereocenters. The second-order valence-electron chi connectivity index (χ2n) is 8.22. The van der Waals surface area contributed by atoms with Crippen molar-refractivity contribution in [3.05, 3.63) is 30.3 Å². The lowest BCUT2D eigenvalue weighted by molar-refractivity contribution is 0.00578. The Labute approximate surface area is 130 Å². The number of hydrogen-bond donors (Lipinski definition) is 0. The summed E-state index contributed by atoms with van der Waals surface area (Å²) in [6.45, 7) is 13.5. The van der Waals surface area contributed by atoms with Crippen molar-refractivity contribution in [2.24, 2.45) is 0 Å². The zero-order valence-corrected chi connectivity index (χ0v) is 15.1. The zero-order chi connectivity index (χ0) is 15.5. The van der Waals surface area contributed by atoms with Gasteiger partial charge in [0, 0.05) is 0 Å². The summed E-state index contributed by atoms with van der Waals surface area (Å²) < 4.78 is 12.5. The summed E-state index contributed by atoms with van der Waals surface area (Å²) >= 11 is 0. The average molecular weight is 302 g/mol. The van der Waals surface area contributed by atoms with Gasteiger partial charge in [-0.1, -0.05) is 55.0 Å². The standard InChI is InChI=1S/C17H27BO2Si/c1-16(2)17(3,4)20-18(19-16)14-12-15(14)21(5,6)13-10-8-7-9-11-13/h7-11,14-15H,12H2,1-6H3/t14-,15-/m0/s1. The van der Waals surface area contributed by atoms with Crippen molar-refractivity contribution in [1.29, 1.82) is 0 Å². The minimum atomic E-state index is -1.43. The Morgan fingerprint density at radius 3 is 2.05 bits per heavy atom. The first-order valence-electron chi connectivity index (χ1n) is 8.06. The van der Waals surface area contributed by atoms with Crippen LogP contribution in [0.5, 0.6) is 0 Å². The molecule has 1 aromatic rings. The lowest BCUT2D eigenvalue weighted by atomic mass is 9.82. The third kappa shape index (κ3) is 2.51. The van der Waals surface area contributed by atoms with Gasteiger partial charge < -0.3 is 9.31 Å². The molecule has 1 saturated carbocycles. The molecule has 3 rings (SSSR count). The molecule has 2 nitrogen and oxygen atoms in total. The Morgan fingerprint density at radius 2 is 1.52 bits per heavy atom. The van der Waals surface area contributed by atoms with Crippen molar-refractivity contribution in [3.63, 3.8) is 0 Å². The molecule has 2 fully saturated rings. The van der Waals surface area contributed by atoms with Crippen LogP contribution in [0.15, 0.2) is 30.3 Å². The highest BCUT2D eigenvalue weighted by molar-refractivity contribution is 6.92. The fourth-order valence-corrected chi connectivity index (χ4v) is 7.06. The third-order valence-electron chi connectivity index (χ3n) is 5.91. The maximum atomic E-state index is 6.25. The monoisotopic (exact) mass is 302 g/mol. The van der Waals surface area contributed by atoms with Gasteiger partial charge in [-0.2, -0.15) is 0 Å². The molecular formula is C17H27BO2Si. The summed E-state index contributed by atoms with van der Waals surface area (Å²) in [6.07, 6.45) is 1.25. The first-order valence-corrected chi connectivity index (χ1v) is 11.1. The quantitative estimate of drug-likeness (QED) is 0.790. The van der Waals surface area contributed by atoms with E-state index in [1.54, 1.807) is 5.19 Å². The van der Waals surface area contributed by atoms with Gasteiger partial charge in [0.15, 0.2) is 0 Å².